The average molecular weight is 356 g/mol. The summed E-state index contributed by atoms with van der Waals surface area (Å²) in [6.45, 7) is 1.41. The summed E-state index contributed by atoms with van der Waals surface area (Å²) < 4.78 is 43.7. The van der Waals surface area contributed by atoms with E-state index in [1.165, 1.54) is 19.1 Å². The van der Waals surface area contributed by atoms with E-state index in [2.05, 4.69) is 15.4 Å². The number of nitrogens with one attached hydrogen (secondary N) is 2. The number of anilines is 1. The summed E-state index contributed by atoms with van der Waals surface area (Å²) in [5, 5.41) is 4.56. The number of rotatable bonds is 3. The molecule has 1 heterocycles. The first-order valence-electron chi connectivity index (χ1n) is 7.21. The van der Waals surface area contributed by atoms with E-state index >= 15 is 0 Å². The zero-order chi connectivity index (χ0) is 18.8. The maximum Gasteiger partial charge on any atom is 0.418 e. The molecule has 2 N–H and O–H groups in total. The SMILES string of the molecule is COC(=O)C1=C(C)NC(=O)C[C@H]1C(=O)Nc1ccccc1C(F)(F)F. The van der Waals surface area contributed by atoms with Crippen LogP contribution in [0.1, 0.15) is 18.9 Å². The molecule has 0 aliphatic carbocycles. The highest BCUT2D eigenvalue weighted by Crippen LogP contribution is 2.35. The number of methoxy groups -OCH3 is 1. The lowest BCUT2D eigenvalue weighted by atomic mass is 9.89. The Kier molecular flexibility index (Phi) is 5.15. The molecular formula is C16H15F3N2O4. The molecule has 1 aliphatic rings. The number of carbonyl (C=O) groups is 3. The van der Waals surface area contributed by atoms with E-state index in [4.69, 9.17) is 0 Å². The average Bonchev–Trinajstić information content (AvgIpc) is 2.53. The van der Waals surface area contributed by atoms with Gasteiger partial charge in [0.2, 0.25) is 11.8 Å². The van der Waals surface area contributed by atoms with Crippen LogP contribution in [0.25, 0.3) is 0 Å². The molecule has 25 heavy (non-hydrogen) atoms. The largest absolute Gasteiger partial charge is 0.466 e. The molecule has 0 radical (unpaired) electrons. The maximum atomic E-state index is 13.0. The third kappa shape index (κ3) is 3.98. The molecule has 2 amide bonds. The maximum absolute atomic E-state index is 13.0. The van der Waals surface area contributed by atoms with Crippen LogP contribution < -0.4 is 10.6 Å². The third-order valence-electron chi connectivity index (χ3n) is 3.68. The van der Waals surface area contributed by atoms with Gasteiger partial charge >= 0.3 is 12.1 Å². The second kappa shape index (κ2) is 6.96. The van der Waals surface area contributed by atoms with Crippen LogP contribution in [-0.4, -0.2) is 24.9 Å². The first-order chi connectivity index (χ1) is 11.6. The molecule has 6 nitrogen and oxygen atoms in total. The van der Waals surface area contributed by atoms with Crippen molar-refractivity contribution >= 4 is 23.5 Å². The highest BCUT2D eigenvalue weighted by Gasteiger charge is 2.38. The van der Waals surface area contributed by atoms with Gasteiger partial charge in [-0.15, -0.1) is 0 Å². The number of ether oxygens (including phenoxy) is 1. The van der Waals surface area contributed by atoms with E-state index in [0.717, 1.165) is 19.2 Å². The number of allylic oxidation sites excluding steroid dienone is 1. The zero-order valence-corrected chi connectivity index (χ0v) is 13.4. The molecule has 1 aromatic rings. The Morgan fingerprint density at radius 3 is 2.52 bits per heavy atom. The second-order valence-electron chi connectivity index (χ2n) is 5.37. The van der Waals surface area contributed by atoms with Crippen LogP contribution in [0.2, 0.25) is 0 Å². The molecule has 0 saturated heterocycles. The fourth-order valence-electron chi connectivity index (χ4n) is 2.56. The van der Waals surface area contributed by atoms with Crippen molar-refractivity contribution in [1.82, 2.24) is 5.32 Å². The van der Waals surface area contributed by atoms with Crippen LogP contribution in [-0.2, 0) is 25.3 Å². The standard InChI is InChI=1S/C16H15F3N2O4/c1-8-13(15(24)25-2)9(7-12(22)20-8)14(23)21-11-6-4-3-5-10(11)16(17,18)19/h3-6,9H,7H2,1-2H3,(H,20,22)(H,21,23)/t9-/m1/s1. The van der Waals surface area contributed by atoms with E-state index < -0.39 is 41.1 Å². The van der Waals surface area contributed by atoms with E-state index in [0.29, 0.717) is 0 Å². The van der Waals surface area contributed by atoms with Gasteiger partial charge in [0, 0.05) is 12.1 Å². The van der Waals surface area contributed by atoms with Gasteiger partial charge in [0.1, 0.15) is 0 Å². The molecular weight excluding hydrogens is 341 g/mol. The first kappa shape index (κ1) is 18.5. The summed E-state index contributed by atoms with van der Waals surface area (Å²) in [5.41, 5.74) is -1.44. The summed E-state index contributed by atoms with van der Waals surface area (Å²) in [6.07, 6.45) is -5.04. The summed E-state index contributed by atoms with van der Waals surface area (Å²) >= 11 is 0. The molecule has 0 unspecified atom stereocenters. The number of esters is 1. The van der Waals surface area contributed by atoms with Gasteiger partial charge in [0.15, 0.2) is 0 Å². The molecule has 0 spiro atoms. The monoisotopic (exact) mass is 356 g/mol. The first-order valence-corrected chi connectivity index (χ1v) is 7.21. The molecule has 9 heteroatoms. The number of alkyl halides is 3. The van der Waals surface area contributed by atoms with Crippen molar-refractivity contribution in [2.75, 3.05) is 12.4 Å². The molecule has 2 rings (SSSR count). The van der Waals surface area contributed by atoms with E-state index in [1.54, 1.807) is 0 Å². The van der Waals surface area contributed by atoms with Gasteiger partial charge in [-0.1, -0.05) is 12.1 Å². The lowest BCUT2D eigenvalue weighted by Gasteiger charge is -2.25. The Bertz CT molecular complexity index is 756. The summed E-state index contributed by atoms with van der Waals surface area (Å²) in [4.78, 5) is 36.0. The topological polar surface area (TPSA) is 84.5 Å². The van der Waals surface area contributed by atoms with Crippen molar-refractivity contribution < 1.29 is 32.3 Å². The van der Waals surface area contributed by atoms with Crippen LogP contribution in [0.3, 0.4) is 0 Å². The smallest absolute Gasteiger partial charge is 0.418 e. The predicted molar refractivity (Wildman–Crippen MR) is 81.0 cm³/mol. The van der Waals surface area contributed by atoms with E-state index in [-0.39, 0.29) is 17.7 Å². The Morgan fingerprint density at radius 2 is 1.92 bits per heavy atom. The van der Waals surface area contributed by atoms with Crippen molar-refractivity contribution in [3.05, 3.63) is 41.1 Å². The van der Waals surface area contributed by atoms with Crippen molar-refractivity contribution in [2.24, 2.45) is 5.92 Å². The molecule has 0 aromatic heterocycles. The van der Waals surface area contributed by atoms with Crippen molar-refractivity contribution in [1.29, 1.82) is 0 Å². The van der Waals surface area contributed by atoms with Gasteiger partial charge in [-0.25, -0.2) is 4.79 Å². The van der Waals surface area contributed by atoms with Gasteiger partial charge in [-0.05, 0) is 19.1 Å². The number of hydrogen-bond acceptors (Lipinski definition) is 4. The lowest BCUT2D eigenvalue weighted by Crippen LogP contribution is -2.40. The van der Waals surface area contributed by atoms with Crippen LogP contribution >= 0.6 is 0 Å². The molecule has 0 saturated carbocycles. The zero-order valence-electron chi connectivity index (χ0n) is 13.4. The second-order valence-corrected chi connectivity index (χ2v) is 5.37. The normalized spacial score (nSPS) is 17.8. The van der Waals surface area contributed by atoms with Gasteiger partial charge < -0.3 is 15.4 Å². The number of hydrogen-bond donors (Lipinski definition) is 2. The van der Waals surface area contributed by atoms with Gasteiger partial charge in [-0.3, -0.25) is 9.59 Å². The quantitative estimate of drug-likeness (QED) is 0.814. The summed E-state index contributed by atoms with van der Waals surface area (Å²) in [6, 6.07) is 4.45. The fraction of sp³-hybridized carbons (Fsp3) is 0.312. The predicted octanol–water partition coefficient (Wildman–Crippen LogP) is 2.23. The minimum absolute atomic E-state index is 0.0934. The number of amides is 2. The third-order valence-corrected chi connectivity index (χ3v) is 3.68. The highest BCUT2D eigenvalue weighted by molar-refractivity contribution is 6.06. The Balaban J connectivity index is 2.36. The Labute approximate surface area is 141 Å². The minimum atomic E-state index is -4.66. The number of benzene rings is 1. The molecule has 0 bridgehead atoms. The van der Waals surface area contributed by atoms with Crippen LogP contribution in [0.5, 0.6) is 0 Å². The summed E-state index contributed by atoms with van der Waals surface area (Å²) in [7, 11) is 1.10. The van der Waals surface area contributed by atoms with Gasteiger partial charge in [0.25, 0.3) is 0 Å². The van der Waals surface area contributed by atoms with Crippen LogP contribution in [0.4, 0.5) is 18.9 Å². The van der Waals surface area contributed by atoms with Crippen molar-refractivity contribution in [3.63, 3.8) is 0 Å². The lowest BCUT2D eigenvalue weighted by molar-refractivity contribution is -0.139. The molecule has 134 valence electrons. The number of carbonyl (C=O) groups excluding carboxylic acids is 3. The Morgan fingerprint density at radius 1 is 1.28 bits per heavy atom. The van der Waals surface area contributed by atoms with E-state index in [1.807, 2.05) is 0 Å². The van der Waals surface area contributed by atoms with Crippen molar-refractivity contribution in [2.45, 2.75) is 19.5 Å². The molecule has 1 atom stereocenters. The van der Waals surface area contributed by atoms with Crippen LogP contribution in [0.15, 0.2) is 35.5 Å². The number of halogens is 3. The summed E-state index contributed by atoms with van der Waals surface area (Å²) in [5.74, 6) is -3.50. The molecule has 1 aliphatic heterocycles. The number of para-hydroxylation sites is 1. The molecule has 0 fully saturated rings. The minimum Gasteiger partial charge on any atom is -0.466 e. The van der Waals surface area contributed by atoms with E-state index in [9.17, 15) is 27.6 Å². The van der Waals surface area contributed by atoms with Gasteiger partial charge in [0.05, 0.1) is 29.9 Å². The van der Waals surface area contributed by atoms with Crippen LogP contribution in [0, 0.1) is 5.92 Å². The van der Waals surface area contributed by atoms with Gasteiger partial charge in [-0.2, -0.15) is 13.2 Å². The Hall–Kier alpha value is -2.84. The highest BCUT2D eigenvalue weighted by atomic mass is 19.4. The molecule has 1 aromatic carbocycles. The fourth-order valence-corrected chi connectivity index (χ4v) is 2.56. The van der Waals surface area contributed by atoms with Crippen molar-refractivity contribution in [3.8, 4) is 0 Å².